The molecule has 1 saturated heterocycles. The number of piperidine rings is 1. The molecular formula is C18H24FN3. The molecule has 4 heteroatoms. The van der Waals surface area contributed by atoms with Crippen molar-refractivity contribution in [1.29, 1.82) is 5.26 Å². The lowest BCUT2D eigenvalue weighted by Crippen LogP contribution is -2.41. The average molecular weight is 301 g/mol. The van der Waals surface area contributed by atoms with E-state index in [0.717, 1.165) is 31.8 Å². The van der Waals surface area contributed by atoms with Crippen LogP contribution in [0.15, 0.2) is 18.2 Å². The van der Waals surface area contributed by atoms with Crippen LogP contribution in [-0.4, -0.2) is 30.6 Å². The van der Waals surface area contributed by atoms with Gasteiger partial charge < -0.3 is 10.2 Å². The predicted molar refractivity (Wildman–Crippen MR) is 86.2 cm³/mol. The van der Waals surface area contributed by atoms with E-state index in [0.29, 0.717) is 11.7 Å². The van der Waals surface area contributed by atoms with Crippen molar-refractivity contribution in [3.05, 3.63) is 29.6 Å². The molecule has 1 aliphatic heterocycles. The number of nitrogens with one attached hydrogen (secondary N) is 1. The van der Waals surface area contributed by atoms with Crippen molar-refractivity contribution < 1.29 is 4.39 Å². The molecule has 1 heterocycles. The Morgan fingerprint density at radius 1 is 1.18 bits per heavy atom. The number of nitriles is 1. The van der Waals surface area contributed by atoms with Crippen molar-refractivity contribution in [1.82, 2.24) is 4.90 Å². The minimum Gasteiger partial charge on any atom is -0.381 e. The van der Waals surface area contributed by atoms with Gasteiger partial charge in [-0.25, -0.2) is 4.39 Å². The highest BCUT2D eigenvalue weighted by atomic mass is 19.1. The Hall–Kier alpha value is -1.60. The topological polar surface area (TPSA) is 39.1 Å². The van der Waals surface area contributed by atoms with E-state index < -0.39 is 5.82 Å². The fourth-order valence-electron chi connectivity index (χ4n) is 3.80. The van der Waals surface area contributed by atoms with E-state index in [1.807, 2.05) is 6.07 Å². The zero-order valence-corrected chi connectivity index (χ0v) is 13.0. The van der Waals surface area contributed by atoms with Crippen LogP contribution in [0.5, 0.6) is 0 Å². The first kappa shape index (κ1) is 15.3. The van der Waals surface area contributed by atoms with E-state index in [1.165, 1.54) is 38.3 Å². The molecule has 0 amide bonds. The number of hydrogen-bond acceptors (Lipinski definition) is 3. The smallest absolute Gasteiger partial charge is 0.143 e. The van der Waals surface area contributed by atoms with E-state index in [2.05, 4.69) is 10.2 Å². The molecule has 1 aromatic carbocycles. The Kier molecular flexibility index (Phi) is 4.94. The van der Waals surface area contributed by atoms with Gasteiger partial charge in [-0.05, 0) is 43.7 Å². The van der Waals surface area contributed by atoms with E-state index in [-0.39, 0.29) is 5.56 Å². The summed E-state index contributed by atoms with van der Waals surface area (Å²) in [5.41, 5.74) is 0.771. The zero-order valence-electron chi connectivity index (χ0n) is 13.0. The van der Waals surface area contributed by atoms with Gasteiger partial charge in [0.15, 0.2) is 0 Å². The first-order valence-electron chi connectivity index (χ1n) is 8.44. The predicted octanol–water partition coefficient (Wildman–Crippen LogP) is 3.76. The van der Waals surface area contributed by atoms with Gasteiger partial charge >= 0.3 is 0 Å². The molecule has 0 atom stereocenters. The Labute approximate surface area is 132 Å². The third-order valence-corrected chi connectivity index (χ3v) is 5.06. The van der Waals surface area contributed by atoms with E-state index >= 15 is 0 Å². The van der Waals surface area contributed by atoms with Crippen LogP contribution >= 0.6 is 0 Å². The van der Waals surface area contributed by atoms with Crippen molar-refractivity contribution >= 4 is 5.69 Å². The van der Waals surface area contributed by atoms with E-state index in [4.69, 9.17) is 5.26 Å². The molecule has 0 spiro atoms. The standard InChI is InChI=1S/C18H24FN3/c19-17-6-3-7-18(16(17)12-20)21-15-8-10-22(11-9-15)13-14-4-1-2-5-14/h3,6-7,14-15,21H,1-2,4-5,8-11,13H2. The molecule has 1 aliphatic carbocycles. The van der Waals surface area contributed by atoms with Crippen molar-refractivity contribution in [3.63, 3.8) is 0 Å². The normalized spacial score (nSPS) is 20.9. The maximum absolute atomic E-state index is 13.6. The SMILES string of the molecule is N#Cc1c(F)cccc1NC1CCN(CC2CCCC2)CC1. The van der Waals surface area contributed by atoms with Crippen LogP contribution in [0.4, 0.5) is 10.1 Å². The monoisotopic (exact) mass is 301 g/mol. The van der Waals surface area contributed by atoms with Crippen LogP contribution in [0.25, 0.3) is 0 Å². The molecule has 2 aliphatic rings. The Morgan fingerprint density at radius 2 is 1.91 bits per heavy atom. The molecule has 0 aromatic heterocycles. The van der Waals surface area contributed by atoms with Gasteiger partial charge in [-0.1, -0.05) is 18.9 Å². The fraction of sp³-hybridized carbons (Fsp3) is 0.611. The van der Waals surface area contributed by atoms with Gasteiger partial charge in [-0.15, -0.1) is 0 Å². The first-order chi connectivity index (χ1) is 10.8. The molecule has 0 bridgehead atoms. The van der Waals surface area contributed by atoms with Crippen LogP contribution in [0.1, 0.15) is 44.1 Å². The maximum Gasteiger partial charge on any atom is 0.143 e. The lowest BCUT2D eigenvalue weighted by atomic mass is 10.0. The number of anilines is 1. The van der Waals surface area contributed by atoms with Gasteiger partial charge in [-0.3, -0.25) is 0 Å². The van der Waals surface area contributed by atoms with Crippen molar-refractivity contribution in [2.24, 2.45) is 5.92 Å². The summed E-state index contributed by atoms with van der Waals surface area (Å²) in [6.07, 6.45) is 7.72. The van der Waals surface area contributed by atoms with Crippen LogP contribution in [0.3, 0.4) is 0 Å². The third kappa shape index (κ3) is 3.59. The Bertz CT molecular complexity index is 538. The molecule has 22 heavy (non-hydrogen) atoms. The van der Waals surface area contributed by atoms with Gasteiger partial charge in [0.2, 0.25) is 0 Å². The molecular weight excluding hydrogens is 277 g/mol. The summed E-state index contributed by atoms with van der Waals surface area (Å²) in [5, 5.41) is 12.5. The molecule has 118 valence electrons. The quantitative estimate of drug-likeness (QED) is 0.920. The Morgan fingerprint density at radius 3 is 2.59 bits per heavy atom. The molecule has 3 rings (SSSR count). The van der Waals surface area contributed by atoms with Gasteiger partial charge in [0.25, 0.3) is 0 Å². The summed E-state index contributed by atoms with van der Waals surface area (Å²) in [7, 11) is 0. The second-order valence-corrected chi connectivity index (χ2v) is 6.64. The number of nitrogens with zero attached hydrogens (tertiary/aromatic N) is 2. The lowest BCUT2D eigenvalue weighted by molar-refractivity contribution is 0.189. The van der Waals surface area contributed by atoms with Crippen LogP contribution in [-0.2, 0) is 0 Å². The molecule has 2 fully saturated rings. The van der Waals surface area contributed by atoms with Gasteiger partial charge in [0.05, 0.1) is 5.69 Å². The first-order valence-corrected chi connectivity index (χ1v) is 8.44. The fourth-order valence-corrected chi connectivity index (χ4v) is 3.80. The summed E-state index contributed by atoms with van der Waals surface area (Å²) in [6, 6.07) is 7.10. The highest BCUT2D eigenvalue weighted by molar-refractivity contribution is 5.58. The van der Waals surface area contributed by atoms with Crippen molar-refractivity contribution in [3.8, 4) is 6.07 Å². The molecule has 1 N–H and O–H groups in total. The summed E-state index contributed by atoms with van der Waals surface area (Å²) >= 11 is 0. The Balaban J connectivity index is 1.52. The second-order valence-electron chi connectivity index (χ2n) is 6.64. The summed E-state index contributed by atoms with van der Waals surface area (Å²) in [6.45, 7) is 3.45. The molecule has 1 aromatic rings. The van der Waals surface area contributed by atoms with Crippen molar-refractivity contribution in [2.75, 3.05) is 25.0 Å². The molecule has 1 saturated carbocycles. The maximum atomic E-state index is 13.6. The van der Waals surface area contributed by atoms with Crippen LogP contribution in [0, 0.1) is 23.1 Å². The highest BCUT2D eigenvalue weighted by Gasteiger charge is 2.24. The zero-order chi connectivity index (χ0) is 15.4. The summed E-state index contributed by atoms with van der Waals surface area (Å²) in [5.74, 6) is 0.462. The number of halogens is 1. The third-order valence-electron chi connectivity index (χ3n) is 5.06. The van der Waals surface area contributed by atoms with Gasteiger partial charge in [-0.2, -0.15) is 5.26 Å². The molecule has 0 radical (unpaired) electrons. The van der Waals surface area contributed by atoms with Crippen molar-refractivity contribution in [2.45, 2.75) is 44.6 Å². The lowest BCUT2D eigenvalue weighted by Gasteiger charge is -2.34. The molecule has 3 nitrogen and oxygen atoms in total. The van der Waals surface area contributed by atoms with Crippen LogP contribution in [0.2, 0.25) is 0 Å². The number of benzene rings is 1. The second kappa shape index (κ2) is 7.11. The van der Waals surface area contributed by atoms with E-state index in [9.17, 15) is 4.39 Å². The average Bonchev–Trinajstić information content (AvgIpc) is 3.02. The highest BCUT2D eigenvalue weighted by Crippen LogP contribution is 2.27. The van der Waals surface area contributed by atoms with Gasteiger partial charge in [0.1, 0.15) is 17.4 Å². The van der Waals surface area contributed by atoms with Crippen LogP contribution < -0.4 is 5.32 Å². The minimum atomic E-state index is -0.439. The number of rotatable bonds is 4. The number of hydrogen-bond donors (Lipinski definition) is 1. The minimum absolute atomic E-state index is 0.135. The number of likely N-dealkylation sites (tertiary alicyclic amines) is 1. The molecule has 0 unspecified atom stereocenters. The van der Waals surface area contributed by atoms with E-state index in [1.54, 1.807) is 12.1 Å². The summed E-state index contributed by atoms with van der Waals surface area (Å²) < 4.78 is 13.6. The summed E-state index contributed by atoms with van der Waals surface area (Å²) in [4.78, 5) is 2.57. The largest absolute Gasteiger partial charge is 0.381 e. The van der Waals surface area contributed by atoms with Gasteiger partial charge in [0, 0.05) is 25.7 Å².